The van der Waals surface area contributed by atoms with Gasteiger partial charge in [0, 0.05) is 6.04 Å². The lowest BCUT2D eigenvalue weighted by atomic mass is 9.78. The Morgan fingerprint density at radius 2 is 2.05 bits per heavy atom. The van der Waals surface area contributed by atoms with Crippen molar-refractivity contribution in [2.45, 2.75) is 45.6 Å². The molecule has 2 atom stereocenters. The molecule has 2 rings (SSSR count). The quantitative estimate of drug-likeness (QED) is 0.832. The average Bonchev–Trinajstić information content (AvgIpc) is 2.42. The van der Waals surface area contributed by atoms with E-state index in [9.17, 15) is 4.79 Å². The van der Waals surface area contributed by atoms with Gasteiger partial charge >= 0.3 is 0 Å². The molecule has 0 spiro atoms. The Hall–Kier alpha value is -1.22. The van der Waals surface area contributed by atoms with Crippen molar-refractivity contribution in [1.82, 2.24) is 5.32 Å². The zero-order valence-corrected chi connectivity index (χ0v) is 12.9. The third kappa shape index (κ3) is 3.26. The monoisotopic (exact) mass is 294 g/mol. The van der Waals surface area contributed by atoms with Crippen molar-refractivity contribution in [2.75, 3.05) is 5.73 Å². The second kappa shape index (κ2) is 6.49. The standard InChI is InChI=1S/C16H23ClN2O/c1-10(2)11-6-3-4-9-14(11)19-16(20)12-7-5-8-13(17)15(12)18/h5,7-8,10-11,14H,3-4,6,9,18H2,1-2H3,(H,19,20). The van der Waals surface area contributed by atoms with E-state index in [0.29, 0.717) is 28.1 Å². The Morgan fingerprint density at radius 3 is 2.75 bits per heavy atom. The van der Waals surface area contributed by atoms with Crippen molar-refractivity contribution < 1.29 is 4.79 Å². The summed E-state index contributed by atoms with van der Waals surface area (Å²) >= 11 is 5.97. The fourth-order valence-electron chi connectivity index (χ4n) is 3.12. The van der Waals surface area contributed by atoms with Gasteiger partial charge in [0.2, 0.25) is 0 Å². The first-order valence-electron chi connectivity index (χ1n) is 7.35. The van der Waals surface area contributed by atoms with Crippen LogP contribution in [0.3, 0.4) is 0 Å². The summed E-state index contributed by atoms with van der Waals surface area (Å²) in [4.78, 5) is 12.4. The van der Waals surface area contributed by atoms with Crippen LogP contribution in [0.2, 0.25) is 5.02 Å². The predicted molar refractivity (Wildman–Crippen MR) is 83.9 cm³/mol. The van der Waals surface area contributed by atoms with Crippen molar-refractivity contribution in [2.24, 2.45) is 11.8 Å². The van der Waals surface area contributed by atoms with Gasteiger partial charge in [0.1, 0.15) is 0 Å². The lowest BCUT2D eigenvalue weighted by Crippen LogP contribution is -2.44. The fourth-order valence-corrected chi connectivity index (χ4v) is 3.29. The van der Waals surface area contributed by atoms with Gasteiger partial charge in [-0.05, 0) is 36.8 Å². The minimum atomic E-state index is -0.109. The first-order valence-corrected chi connectivity index (χ1v) is 7.73. The smallest absolute Gasteiger partial charge is 0.253 e. The van der Waals surface area contributed by atoms with E-state index in [1.54, 1.807) is 18.2 Å². The Bertz CT molecular complexity index is 487. The molecule has 1 amide bonds. The number of hydrogen-bond donors (Lipinski definition) is 2. The van der Waals surface area contributed by atoms with Crippen molar-refractivity contribution >= 4 is 23.2 Å². The summed E-state index contributed by atoms with van der Waals surface area (Å²) in [6.07, 6.45) is 4.68. The van der Waals surface area contributed by atoms with E-state index in [2.05, 4.69) is 19.2 Å². The van der Waals surface area contributed by atoms with Gasteiger partial charge in [0.05, 0.1) is 16.3 Å². The Balaban J connectivity index is 2.12. The summed E-state index contributed by atoms with van der Waals surface area (Å²) in [5.74, 6) is 1.02. The highest BCUT2D eigenvalue weighted by Crippen LogP contribution is 2.31. The lowest BCUT2D eigenvalue weighted by molar-refractivity contribution is 0.0890. The molecule has 1 aliphatic carbocycles. The number of halogens is 1. The van der Waals surface area contributed by atoms with Crippen LogP contribution in [0.1, 0.15) is 49.9 Å². The van der Waals surface area contributed by atoms with Gasteiger partial charge < -0.3 is 11.1 Å². The minimum absolute atomic E-state index is 0.109. The number of para-hydroxylation sites is 1. The molecule has 1 fully saturated rings. The van der Waals surface area contributed by atoms with Crippen LogP contribution in [0.25, 0.3) is 0 Å². The summed E-state index contributed by atoms with van der Waals surface area (Å²) in [6, 6.07) is 5.43. The van der Waals surface area contributed by atoms with E-state index in [0.717, 1.165) is 6.42 Å². The number of nitrogen functional groups attached to an aromatic ring is 1. The van der Waals surface area contributed by atoms with Crippen LogP contribution in [-0.4, -0.2) is 11.9 Å². The van der Waals surface area contributed by atoms with Crippen LogP contribution in [0, 0.1) is 11.8 Å². The van der Waals surface area contributed by atoms with E-state index >= 15 is 0 Å². The number of rotatable bonds is 3. The third-order valence-electron chi connectivity index (χ3n) is 4.29. The normalized spacial score (nSPS) is 22.8. The SMILES string of the molecule is CC(C)C1CCCCC1NC(=O)c1cccc(Cl)c1N. The summed E-state index contributed by atoms with van der Waals surface area (Å²) < 4.78 is 0. The number of nitrogens with two attached hydrogens (primary N) is 1. The maximum Gasteiger partial charge on any atom is 0.253 e. The van der Waals surface area contributed by atoms with E-state index < -0.39 is 0 Å². The van der Waals surface area contributed by atoms with Gasteiger partial charge in [-0.3, -0.25) is 4.79 Å². The zero-order chi connectivity index (χ0) is 14.7. The molecule has 0 aromatic heterocycles. The highest BCUT2D eigenvalue weighted by molar-refractivity contribution is 6.33. The Morgan fingerprint density at radius 1 is 1.35 bits per heavy atom. The van der Waals surface area contributed by atoms with Crippen LogP contribution in [0.5, 0.6) is 0 Å². The molecule has 0 aliphatic heterocycles. The van der Waals surface area contributed by atoms with Crippen molar-refractivity contribution in [3.63, 3.8) is 0 Å². The number of anilines is 1. The number of nitrogens with one attached hydrogen (secondary N) is 1. The second-order valence-corrected chi connectivity index (χ2v) is 6.38. The average molecular weight is 295 g/mol. The molecule has 1 aliphatic rings. The first-order chi connectivity index (χ1) is 9.50. The summed E-state index contributed by atoms with van der Waals surface area (Å²) in [5.41, 5.74) is 6.73. The molecule has 0 bridgehead atoms. The molecule has 1 saturated carbocycles. The number of carbonyl (C=O) groups is 1. The molecule has 4 heteroatoms. The van der Waals surface area contributed by atoms with Crippen LogP contribution < -0.4 is 11.1 Å². The fraction of sp³-hybridized carbons (Fsp3) is 0.562. The van der Waals surface area contributed by atoms with Crippen LogP contribution in [-0.2, 0) is 0 Å². The number of amides is 1. The molecule has 3 N–H and O–H groups in total. The van der Waals surface area contributed by atoms with Gasteiger partial charge in [0.25, 0.3) is 5.91 Å². The highest BCUT2D eigenvalue weighted by atomic mass is 35.5. The van der Waals surface area contributed by atoms with Crippen LogP contribution in [0.4, 0.5) is 5.69 Å². The highest BCUT2D eigenvalue weighted by Gasteiger charge is 2.29. The largest absolute Gasteiger partial charge is 0.397 e. The number of carbonyl (C=O) groups excluding carboxylic acids is 1. The molecular formula is C16H23ClN2O. The van der Waals surface area contributed by atoms with Crippen molar-refractivity contribution in [1.29, 1.82) is 0 Å². The van der Waals surface area contributed by atoms with E-state index in [4.69, 9.17) is 17.3 Å². The van der Waals surface area contributed by atoms with E-state index in [-0.39, 0.29) is 11.9 Å². The van der Waals surface area contributed by atoms with Crippen LogP contribution >= 0.6 is 11.6 Å². The Kier molecular flexibility index (Phi) is 4.92. The van der Waals surface area contributed by atoms with Gasteiger partial charge in [-0.15, -0.1) is 0 Å². The van der Waals surface area contributed by atoms with Gasteiger partial charge in [-0.1, -0.05) is 44.4 Å². The molecule has 3 nitrogen and oxygen atoms in total. The van der Waals surface area contributed by atoms with E-state index in [1.165, 1.54) is 19.3 Å². The summed E-state index contributed by atoms with van der Waals surface area (Å²) in [7, 11) is 0. The molecule has 20 heavy (non-hydrogen) atoms. The predicted octanol–water partition coefficient (Wildman–Crippen LogP) is 3.87. The number of benzene rings is 1. The molecule has 0 heterocycles. The topological polar surface area (TPSA) is 55.1 Å². The minimum Gasteiger partial charge on any atom is -0.397 e. The summed E-state index contributed by atoms with van der Waals surface area (Å²) in [5, 5.41) is 3.59. The lowest BCUT2D eigenvalue weighted by Gasteiger charge is -2.35. The van der Waals surface area contributed by atoms with E-state index in [1.807, 2.05) is 0 Å². The third-order valence-corrected chi connectivity index (χ3v) is 4.62. The Labute approximate surface area is 125 Å². The molecular weight excluding hydrogens is 272 g/mol. The molecule has 2 unspecified atom stereocenters. The number of hydrogen-bond acceptors (Lipinski definition) is 2. The second-order valence-electron chi connectivity index (χ2n) is 5.97. The van der Waals surface area contributed by atoms with Gasteiger partial charge in [0.15, 0.2) is 0 Å². The van der Waals surface area contributed by atoms with Gasteiger partial charge in [-0.2, -0.15) is 0 Å². The molecule has 1 aromatic rings. The molecule has 0 saturated heterocycles. The van der Waals surface area contributed by atoms with Gasteiger partial charge in [-0.25, -0.2) is 0 Å². The molecule has 0 radical (unpaired) electrons. The molecule has 1 aromatic carbocycles. The maximum absolute atomic E-state index is 12.4. The maximum atomic E-state index is 12.4. The van der Waals surface area contributed by atoms with Crippen LogP contribution in [0.15, 0.2) is 18.2 Å². The molecule has 110 valence electrons. The van der Waals surface area contributed by atoms with Crippen molar-refractivity contribution in [3.05, 3.63) is 28.8 Å². The van der Waals surface area contributed by atoms with Crippen molar-refractivity contribution in [3.8, 4) is 0 Å². The first kappa shape index (κ1) is 15.2. The summed E-state index contributed by atoms with van der Waals surface area (Å²) in [6.45, 7) is 4.45. The zero-order valence-electron chi connectivity index (χ0n) is 12.2.